The maximum absolute atomic E-state index is 14.8. The Hall–Kier alpha value is -11.9. The average Bonchev–Trinajstić information content (AvgIpc) is 1.64. The highest BCUT2D eigenvalue weighted by Gasteiger charge is 2.52. The number of hydrogen-bond donors (Lipinski definition) is 4. The summed E-state index contributed by atoms with van der Waals surface area (Å²) < 4.78 is 44.4. The molecule has 32 heteroatoms. The molecule has 0 spiro atoms. The fraction of sp³-hybridized carbons (Fsp3) is 0.279. The number of para-hydroxylation sites is 1. The molecular formula is C86H76BrCl3F3N21O4. The van der Waals surface area contributed by atoms with Gasteiger partial charge in [-0.3, -0.25) is 19.2 Å². The van der Waals surface area contributed by atoms with Crippen molar-refractivity contribution in [1.29, 1.82) is 0 Å². The third-order valence-corrected chi connectivity index (χ3v) is 24.2. The van der Waals surface area contributed by atoms with Crippen molar-refractivity contribution >= 4 is 97.6 Å². The van der Waals surface area contributed by atoms with Gasteiger partial charge >= 0.3 is 0 Å². The van der Waals surface area contributed by atoms with Gasteiger partial charge in [-0.25, -0.2) is 63.0 Å². The van der Waals surface area contributed by atoms with Crippen LogP contribution in [0.25, 0.3) is 39.9 Å². The van der Waals surface area contributed by atoms with E-state index in [0.29, 0.717) is 98.0 Å². The average molecular weight is 1710 g/mol. The van der Waals surface area contributed by atoms with E-state index < -0.39 is 17.5 Å². The Morgan fingerprint density at radius 3 is 1.21 bits per heavy atom. The number of anilines is 4. The highest BCUT2D eigenvalue weighted by atomic mass is 79.9. The number of rotatable bonds is 16. The quantitative estimate of drug-likeness (QED) is 0.0699. The van der Waals surface area contributed by atoms with E-state index in [0.717, 1.165) is 85.7 Å². The van der Waals surface area contributed by atoms with Gasteiger partial charge in [-0.2, -0.15) is 15.0 Å². The number of piperidine rings is 4. The van der Waals surface area contributed by atoms with Crippen LogP contribution in [0.5, 0.6) is 0 Å². The molecule has 4 saturated heterocycles. The summed E-state index contributed by atoms with van der Waals surface area (Å²) in [7, 11) is 0. The van der Waals surface area contributed by atoms with Gasteiger partial charge in [0.1, 0.15) is 40.7 Å². The lowest BCUT2D eigenvalue weighted by molar-refractivity contribution is 0.0681. The Morgan fingerprint density at radius 1 is 0.364 bits per heavy atom. The first-order valence-electron chi connectivity index (χ1n) is 38.9. The molecule has 4 aromatic carbocycles. The van der Waals surface area contributed by atoms with Crippen molar-refractivity contribution in [2.45, 2.75) is 99.7 Å². The fourth-order valence-corrected chi connectivity index (χ4v) is 18.7. The lowest BCUT2D eigenvalue weighted by atomic mass is 10.0. The van der Waals surface area contributed by atoms with E-state index in [2.05, 4.69) is 97.2 Å². The number of hydrogen-bond acceptors (Lipinski definition) is 20. The van der Waals surface area contributed by atoms with Crippen molar-refractivity contribution in [3.8, 4) is 39.9 Å². The number of halogens is 7. The Labute approximate surface area is 699 Å². The highest BCUT2D eigenvalue weighted by molar-refractivity contribution is 9.10. The molecule has 4 aliphatic carbocycles. The summed E-state index contributed by atoms with van der Waals surface area (Å²) in [4.78, 5) is 105. The first-order valence-corrected chi connectivity index (χ1v) is 40.8. The predicted molar refractivity (Wildman–Crippen MR) is 443 cm³/mol. The van der Waals surface area contributed by atoms with E-state index >= 15 is 0 Å². The number of carbonyl (C=O) groups excluding carboxylic acids is 4. The number of aromatic nitrogens is 13. The lowest BCUT2D eigenvalue weighted by Crippen LogP contribution is -2.48. The van der Waals surface area contributed by atoms with Crippen molar-refractivity contribution in [3.05, 3.63) is 279 Å². The van der Waals surface area contributed by atoms with Crippen molar-refractivity contribution in [2.75, 3.05) is 47.4 Å². The molecule has 8 aliphatic rings. The van der Waals surface area contributed by atoms with E-state index in [4.69, 9.17) is 34.8 Å². The summed E-state index contributed by atoms with van der Waals surface area (Å²) >= 11 is 21.2. The Balaban J connectivity index is 0.000000113. The maximum Gasteiger partial charge on any atom is 0.257 e. The van der Waals surface area contributed by atoms with E-state index in [1.165, 1.54) is 35.1 Å². The molecule has 12 heterocycles. The molecule has 12 atom stereocenters. The topological polar surface area (TPSA) is 289 Å². The van der Waals surface area contributed by atoms with Gasteiger partial charge in [-0.05, 0) is 206 Å². The summed E-state index contributed by atoms with van der Waals surface area (Å²) in [5.41, 5.74) is 3.04. The van der Waals surface area contributed by atoms with Gasteiger partial charge in [0.05, 0.1) is 85.1 Å². The normalized spacial score (nSPS) is 22.5. The molecule has 4 amide bonds. The van der Waals surface area contributed by atoms with Crippen LogP contribution in [0.1, 0.15) is 92.8 Å². The fourth-order valence-electron chi connectivity index (χ4n) is 18.1. The zero-order chi connectivity index (χ0) is 81.1. The Kier molecular flexibility index (Phi) is 23.1. The van der Waals surface area contributed by atoms with E-state index in [9.17, 15) is 32.3 Å². The minimum atomic E-state index is -0.549. The largest absolute Gasteiger partial charge is 0.365 e. The summed E-state index contributed by atoms with van der Waals surface area (Å²) in [6.45, 7) is 2.79. The van der Waals surface area contributed by atoms with Crippen molar-refractivity contribution in [1.82, 2.24) is 84.4 Å². The van der Waals surface area contributed by atoms with Crippen LogP contribution in [0, 0.1) is 41.1 Å². The number of nitrogens with zero attached hydrogens (tertiary/aromatic N) is 17. The van der Waals surface area contributed by atoms with Crippen LogP contribution in [0.3, 0.4) is 0 Å². The van der Waals surface area contributed by atoms with Gasteiger partial charge in [0, 0.05) is 128 Å². The maximum atomic E-state index is 14.8. The Bertz CT molecular complexity index is 5570. The van der Waals surface area contributed by atoms with Crippen LogP contribution < -0.4 is 21.3 Å². The van der Waals surface area contributed by atoms with Gasteiger partial charge in [-0.15, -0.1) is 0 Å². The molecule has 12 aromatic rings. The third-order valence-electron chi connectivity index (χ3n) is 23.1. The minimum absolute atomic E-state index is 0.00269. The van der Waals surface area contributed by atoms with E-state index in [1.807, 2.05) is 75.4 Å². The lowest BCUT2D eigenvalue weighted by Gasteiger charge is -2.34. The van der Waals surface area contributed by atoms with Gasteiger partial charge in [0.2, 0.25) is 0 Å². The molecule has 8 bridgehead atoms. The molecule has 4 aliphatic heterocycles. The second kappa shape index (κ2) is 34.7. The van der Waals surface area contributed by atoms with Crippen LogP contribution in [0.2, 0.25) is 15.1 Å². The molecule has 0 radical (unpaired) electrons. The van der Waals surface area contributed by atoms with Gasteiger partial charge < -0.3 is 40.9 Å². The number of pyridine rings is 4. The summed E-state index contributed by atoms with van der Waals surface area (Å²) in [5.74, 6) is 3.59. The van der Waals surface area contributed by atoms with Crippen molar-refractivity contribution in [2.24, 2.45) is 23.7 Å². The number of likely N-dealkylation sites (tertiary alicyclic amines) is 4. The molecule has 12 unspecified atom stereocenters. The molecule has 8 fully saturated rings. The molecule has 20 rings (SSSR count). The molecule has 25 nitrogen and oxygen atoms in total. The monoisotopic (exact) mass is 1710 g/mol. The van der Waals surface area contributed by atoms with E-state index in [1.54, 1.807) is 134 Å². The zero-order valence-corrected chi connectivity index (χ0v) is 66.9. The van der Waals surface area contributed by atoms with Crippen LogP contribution in [0.4, 0.5) is 36.4 Å². The standard InChI is InChI=1S/C22H19BrFN5O.2C22H19ClFN5O.C20H19ClN6O/c23-14-5-6-19(27-11-14)28-17-9-13-10-18(17)29(12-13)22(30)20-15(3-1-4-16(20)24)21-25-7-2-8-26-21;23-14-2-5-20(27-11-14)28-18-8-13-9-19(18)29(12-13)22(30)16-4-3-15(24)10-17(16)21-25-6-1-7-26-21;23-14-5-6-19(27-11-14)28-17-9-13-10-18(17)29(12-13)22(30)15-3-1-4-16(24)20(15)21-25-7-2-8-26-21;21-14-5-6-19(22-11-14)25-16-9-13-10-18(16)26(12-13)20(28)15-3-1-2-4-17(15)27-23-7-8-24-27/h1-8,11,13,17-18H,9-10,12H2,(H,27,28);1-7,10-11,13,18-19H,8-9,12H2,(H,27,28);1-8,11,13,17-18H,9-10,12H2,(H,27,28);1-8,11,13,16,18H,9-10,12H2,(H,22,25). The summed E-state index contributed by atoms with van der Waals surface area (Å²) in [6, 6.07) is 41.3. The summed E-state index contributed by atoms with van der Waals surface area (Å²) in [6.07, 6.45) is 27.0. The second-order valence-electron chi connectivity index (χ2n) is 30.5. The molecule has 4 saturated carbocycles. The van der Waals surface area contributed by atoms with E-state index in [-0.39, 0.29) is 94.5 Å². The SMILES string of the molecule is O=C(c1c(F)cccc1-c1ncccn1)N1CC2CC(Nc3ccc(Br)cn3)C1C2.O=C(c1ccc(F)cc1-c1ncccn1)N1CC2CC(Nc3ccc(Cl)cn3)C1C2.O=C(c1cccc(F)c1-c1ncccn1)N1CC2CC(Nc3ccc(Cl)cn3)C1C2.O=C(c1ccccc1-n1nccn1)N1CC2CC(Nc3ccc(Cl)cn3)C1C2. The number of carbonyl (C=O) groups is 4. The second-order valence-corrected chi connectivity index (χ2v) is 32.7. The first-order chi connectivity index (χ1) is 57.5. The molecule has 4 N–H and O–H groups in total. The van der Waals surface area contributed by atoms with Gasteiger partial charge in [-0.1, -0.05) is 65.1 Å². The summed E-state index contributed by atoms with van der Waals surface area (Å²) in [5, 5.41) is 23.9. The number of benzene rings is 4. The number of fused-ring (bicyclic) bond motifs is 8. The molecule has 598 valence electrons. The number of nitrogens with one attached hydrogen (secondary N) is 4. The Morgan fingerprint density at radius 2 is 0.763 bits per heavy atom. The van der Waals surface area contributed by atoms with Crippen molar-refractivity contribution in [3.63, 3.8) is 0 Å². The first kappa shape index (κ1) is 78.6. The third kappa shape index (κ3) is 17.0. The van der Waals surface area contributed by atoms with Gasteiger partial charge in [0.25, 0.3) is 23.6 Å². The zero-order valence-electron chi connectivity index (χ0n) is 63.1. The van der Waals surface area contributed by atoms with Crippen LogP contribution in [-0.4, -0.2) is 183 Å². The molecular weight excluding hydrogens is 1630 g/mol. The highest BCUT2D eigenvalue weighted by Crippen LogP contribution is 2.45. The minimum Gasteiger partial charge on any atom is -0.365 e. The van der Waals surface area contributed by atoms with Crippen LogP contribution in [-0.2, 0) is 0 Å². The van der Waals surface area contributed by atoms with Crippen molar-refractivity contribution < 1.29 is 32.3 Å². The predicted octanol–water partition coefficient (Wildman–Crippen LogP) is 15.3. The number of amides is 4. The van der Waals surface area contributed by atoms with Crippen LogP contribution >= 0.6 is 50.7 Å². The molecule has 8 aromatic heterocycles. The van der Waals surface area contributed by atoms with Crippen LogP contribution in [0.15, 0.2) is 224 Å². The van der Waals surface area contributed by atoms with Gasteiger partial charge in [0.15, 0.2) is 17.5 Å². The molecule has 118 heavy (non-hydrogen) atoms. The smallest absolute Gasteiger partial charge is 0.257 e.